The van der Waals surface area contributed by atoms with Gasteiger partial charge in [-0.1, -0.05) is 0 Å². The molecule has 0 bridgehead atoms. The summed E-state index contributed by atoms with van der Waals surface area (Å²) in [5.41, 5.74) is 1.88. The number of hydrogen-bond acceptors (Lipinski definition) is 3. The Hall–Kier alpha value is -1.35. The molecular weight excluding hydrogens is 200 g/mol. The van der Waals surface area contributed by atoms with Crippen LogP contribution in [0.4, 0.5) is 5.69 Å². The Labute approximate surface area is 97.7 Å². The van der Waals surface area contributed by atoms with E-state index in [1.165, 1.54) is 0 Å². The van der Waals surface area contributed by atoms with Crippen LogP contribution in [0.1, 0.15) is 16.8 Å². The number of carbonyl (C=O) groups excluding carboxylic acids is 1. The summed E-state index contributed by atoms with van der Waals surface area (Å²) >= 11 is 0. The van der Waals surface area contributed by atoms with Gasteiger partial charge in [0.25, 0.3) is 0 Å². The van der Waals surface area contributed by atoms with E-state index in [0.29, 0.717) is 0 Å². The van der Waals surface area contributed by atoms with Crippen molar-refractivity contribution in [2.45, 2.75) is 6.42 Å². The molecule has 0 N–H and O–H groups in total. The molecule has 0 aliphatic heterocycles. The van der Waals surface area contributed by atoms with Gasteiger partial charge >= 0.3 is 0 Å². The van der Waals surface area contributed by atoms with E-state index in [9.17, 15) is 4.79 Å². The number of aldehydes is 1. The fourth-order valence-electron chi connectivity index (χ4n) is 1.56. The highest BCUT2D eigenvalue weighted by atomic mass is 16.1. The Morgan fingerprint density at radius 1 is 1.06 bits per heavy atom. The standard InChI is InChI=1S/C13H20N2O/c1-14(2)9-4-10-15(3)13-7-5-12(11-16)6-8-13/h5-8,11H,4,9-10H2,1-3H3. The molecule has 0 saturated heterocycles. The highest BCUT2D eigenvalue weighted by Crippen LogP contribution is 2.13. The van der Waals surface area contributed by atoms with Crippen LogP contribution in [0, 0.1) is 0 Å². The first kappa shape index (κ1) is 12.7. The molecule has 0 amide bonds. The third-order valence-electron chi connectivity index (χ3n) is 2.57. The van der Waals surface area contributed by atoms with Crippen molar-refractivity contribution >= 4 is 12.0 Å². The predicted molar refractivity (Wildman–Crippen MR) is 68.3 cm³/mol. The van der Waals surface area contributed by atoms with Gasteiger partial charge in [0.2, 0.25) is 0 Å². The molecule has 0 spiro atoms. The molecule has 0 heterocycles. The van der Waals surface area contributed by atoms with E-state index in [1.54, 1.807) is 0 Å². The zero-order chi connectivity index (χ0) is 12.0. The van der Waals surface area contributed by atoms with Crippen LogP contribution in [0.3, 0.4) is 0 Å². The first-order valence-electron chi connectivity index (χ1n) is 5.54. The highest BCUT2D eigenvalue weighted by molar-refractivity contribution is 5.75. The second kappa shape index (κ2) is 6.28. The van der Waals surface area contributed by atoms with Crippen LogP contribution >= 0.6 is 0 Å². The van der Waals surface area contributed by atoms with Gasteiger partial charge in [0.1, 0.15) is 6.29 Å². The van der Waals surface area contributed by atoms with Crippen LogP contribution in [0.5, 0.6) is 0 Å². The summed E-state index contributed by atoms with van der Waals surface area (Å²) in [7, 11) is 6.24. The summed E-state index contributed by atoms with van der Waals surface area (Å²) in [6.45, 7) is 2.12. The SMILES string of the molecule is CN(C)CCCN(C)c1ccc(C=O)cc1. The third-order valence-corrected chi connectivity index (χ3v) is 2.57. The Morgan fingerprint density at radius 3 is 2.19 bits per heavy atom. The van der Waals surface area contributed by atoms with Crippen molar-refractivity contribution in [1.82, 2.24) is 4.90 Å². The molecule has 16 heavy (non-hydrogen) atoms. The Balaban J connectivity index is 2.46. The van der Waals surface area contributed by atoms with Gasteiger partial charge in [0.05, 0.1) is 0 Å². The van der Waals surface area contributed by atoms with Crippen LogP contribution in [0.15, 0.2) is 24.3 Å². The lowest BCUT2D eigenvalue weighted by Gasteiger charge is -2.20. The Bertz CT molecular complexity index is 319. The number of nitrogens with zero attached hydrogens (tertiary/aromatic N) is 2. The number of benzene rings is 1. The average Bonchev–Trinajstić information content (AvgIpc) is 2.28. The fraction of sp³-hybridized carbons (Fsp3) is 0.462. The highest BCUT2D eigenvalue weighted by Gasteiger charge is 2.00. The van der Waals surface area contributed by atoms with E-state index in [4.69, 9.17) is 0 Å². The van der Waals surface area contributed by atoms with Crippen molar-refractivity contribution in [2.24, 2.45) is 0 Å². The molecule has 3 heteroatoms. The van der Waals surface area contributed by atoms with Gasteiger partial charge in [-0.2, -0.15) is 0 Å². The maximum Gasteiger partial charge on any atom is 0.150 e. The largest absolute Gasteiger partial charge is 0.375 e. The molecule has 3 nitrogen and oxygen atoms in total. The Kier molecular flexibility index (Phi) is 4.99. The van der Waals surface area contributed by atoms with Crippen LogP contribution in [-0.4, -0.2) is 45.4 Å². The third kappa shape index (κ3) is 4.03. The van der Waals surface area contributed by atoms with Crippen LogP contribution in [-0.2, 0) is 0 Å². The molecule has 0 saturated carbocycles. The van der Waals surface area contributed by atoms with Gasteiger partial charge in [-0.15, -0.1) is 0 Å². The van der Waals surface area contributed by atoms with Gasteiger partial charge in [-0.25, -0.2) is 0 Å². The minimum atomic E-state index is 0.727. The molecule has 0 fully saturated rings. The lowest BCUT2D eigenvalue weighted by Crippen LogP contribution is -2.23. The molecule has 0 radical (unpaired) electrons. The van der Waals surface area contributed by atoms with Crippen molar-refractivity contribution in [1.29, 1.82) is 0 Å². The smallest absolute Gasteiger partial charge is 0.150 e. The molecule has 1 aromatic carbocycles. The second-order valence-corrected chi connectivity index (χ2v) is 4.29. The molecule has 1 aromatic rings. The molecule has 0 atom stereocenters. The zero-order valence-corrected chi connectivity index (χ0v) is 10.3. The van der Waals surface area contributed by atoms with E-state index in [0.717, 1.165) is 37.0 Å². The molecule has 1 rings (SSSR count). The van der Waals surface area contributed by atoms with E-state index in [2.05, 4.69) is 30.9 Å². The van der Waals surface area contributed by atoms with Gasteiger partial charge < -0.3 is 9.80 Å². The first-order valence-corrected chi connectivity index (χ1v) is 5.54. The maximum atomic E-state index is 10.5. The number of rotatable bonds is 6. The lowest BCUT2D eigenvalue weighted by molar-refractivity contribution is 0.112. The van der Waals surface area contributed by atoms with Crippen molar-refractivity contribution in [3.05, 3.63) is 29.8 Å². The average molecular weight is 220 g/mol. The predicted octanol–water partition coefficient (Wildman–Crippen LogP) is 1.89. The Morgan fingerprint density at radius 2 is 1.69 bits per heavy atom. The van der Waals surface area contributed by atoms with Crippen LogP contribution in [0.2, 0.25) is 0 Å². The van der Waals surface area contributed by atoms with Gasteiger partial charge in [0, 0.05) is 24.8 Å². The lowest BCUT2D eigenvalue weighted by atomic mass is 10.2. The summed E-state index contributed by atoms with van der Waals surface area (Å²) in [6, 6.07) is 7.67. The maximum absolute atomic E-state index is 10.5. The summed E-state index contributed by atoms with van der Waals surface area (Å²) < 4.78 is 0. The topological polar surface area (TPSA) is 23.6 Å². The monoisotopic (exact) mass is 220 g/mol. The molecule has 0 unspecified atom stereocenters. The zero-order valence-electron chi connectivity index (χ0n) is 10.3. The van der Waals surface area contributed by atoms with Crippen molar-refractivity contribution in [2.75, 3.05) is 39.1 Å². The minimum absolute atomic E-state index is 0.727. The number of anilines is 1. The van der Waals surface area contributed by atoms with Gasteiger partial charge in [-0.05, 0) is 51.3 Å². The van der Waals surface area contributed by atoms with Gasteiger partial charge in [0.15, 0.2) is 0 Å². The first-order chi connectivity index (χ1) is 7.63. The number of hydrogen-bond donors (Lipinski definition) is 0. The van der Waals surface area contributed by atoms with Crippen molar-refractivity contribution < 1.29 is 4.79 Å². The van der Waals surface area contributed by atoms with E-state index in [-0.39, 0.29) is 0 Å². The number of carbonyl (C=O) groups is 1. The molecule has 0 aliphatic carbocycles. The minimum Gasteiger partial charge on any atom is -0.375 e. The van der Waals surface area contributed by atoms with E-state index < -0.39 is 0 Å². The van der Waals surface area contributed by atoms with Crippen LogP contribution in [0.25, 0.3) is 0 Å². The van der Waals surface area contributed by atoms with Gasteiger partial charge in [-0.3, -0.25) is 4.79 Å². The van der Waals surface area contributed by atoms with Crippen LogP contribution < -0.4 is 4.90 Å². The molecule has 0 aliphatic rings. The summed E-state index contributed by atoms with van der Waals surface area (Å²) in [4.78, 5) is 14.9. The molecule has 88 valence electrons. The normalized spacial score (nSPS) is 10.5. The van der Waals surface area contributed by atoms with E-state index >= 15 is 0 Å². The molecular formula is C13H20N2O. The quantitative estimate of drug-likeness (QED) is 0.684. The van der Waals surface area contributed by atoms with E-state index in [1.807, 2.05) is 24.3 Å². The fourth-order valence-corrected chi connectivity index (χ4v) is 1.56. The summed E-state index contributed by atoms with van der Waals surface area (Å²) in [6.07, 6.45) is 2.01. The van der Waals surface area contributed by atoms with Crippen molar-refractivity contribution in [3.8, 4) is 0 Å². The van der Waals surface area contributed by atoms with Crippen molar-refractivity contribution in [3.63, 3.8) is 0 Å². The molecule has 0 aromatic heterocycles. The second-order valence-electron chi connectivity index (χ2n) is 4.29. The summed E-state index contributed by atoms with van der Waals surface area (Å²) in [5, 5.41) is 0. The summed E-state index contributed by atoms with van der Waals surface area (Å²) in [5.74, 6) is 0.